The van der Waals surface area contributed by atoms with Gasteiger partial charge in [-0.3, -0.25) is 0 Å². The van der Waals surface area contributed by atoms with E-state index in [9.17, 15) is 0 Å². The number of nitrogens with two attached hydrogens (primary N) is 1. The van der Waals surface area contributed by atoms with Gasteiger partial charge in [0.15, 0.2) is 0 Å². The molecule has 0 fully saturated rings. The highest BCUT2D eigenvalue weighted by Gasteiger charge is 2.13. The largest absolute Gasteiger partial charge is 0.320 e. The molecule has 1 atom stereocenters. The Balaban J connectivity index is 2.15. The molecule has 20 heavy (non-hydrogen) atoms. The van der Waals surface area contributed by atoms with Crippen molar-refractivity contribution in [3.8, 4) is 0 Å². The van der Waals surface area contributed by atoms with Crippen LogP contribution >= 0.6 is 0 Å². The molecule has 0 heterocycles. The first kappa shape index (κ1) is 12.9. The molecule has 2 N–H and O–H groups in total. The Morgan fingerprint density at radius 1 is 0.800 bits per heavy atom. The summed E-state index contributed by atoms with van der Waals surface area (Å²) in [6.07, 6.45) is 0. The van der Waals surface area contributed by atoms with Crippen LogP contribution in [0.5, 0.6) is 0 Å². The smallest absolute Gasteiger partial charge is 0.0560 e. The molecular weight excluding hydrogens is 242 g/mol. The van der Waals surface area contributed by atoms with Crippen LogP contribution in [0.25, 0.3) is 10.8 Å². The first-order valence-electron chi connectivity index (χ1n) is 6.97. The maximum Gasteiger partial charge on any atom is 0.0560 e. The van der Waals surface area contributed by atoms with Gasteiger partial charge in [0.25, 0.3) is 0 Å². The highest BCUT2D eigenvalue weighted by Crippen LogP contribution is 2.29. The SMILES string of the molecule is Cc1ccc(C(N)c2cccc3ccccc23)c(C)c1. The van der Waals surface area contributed by atoms with Crippen molar-refractivity contribution in [3.63, 3.8) is 0 Å². The average molecular weight is 261 g/mol. The average Bonchev–Trinajstić information content (AvgIpc) is 2.46. The van der Waals surface area contributed by atoms with Gasteiger partial charge in [-0.25, -0.2) is 0 Å². The predicted octanol–water partition coefficient (Wildman–Crippen LogP) is 4.50. The molecule has 0 saturated heterocycles. The lowest BCUT2D eigenvalue weighted by atomic mass is 9.91. The van der Waals surface area contributed by atoms with Gasteiger partial charge in [0.05, 0.1) is 6.04 Å². The topological polar surface area (TPSA) is 26.0 Å². The van der Waals surface area contributed by atoms with E-state index in [4.69, 9.17) is 5.73 Å². The Morgan fingerprint density at radius 3 is 2.35 bits per heavy atom. The van der Waals surface area contributed by atoms with Crippen LogP contribution < -0.4 is 5.73 Å². The van der Waals surface area contributed by atoms with E-state index in [-0.39, 0.29) is 6.04 Å². The van der Waals surface area contributed by atoms with Gasteiger partial charge in [-0.05, 0) is 41.3 Å². The third-order valence-corrected chi connectivity index (χ3v) is 3.92. The Kier molecular flexibility index (Phi) is 3.29. The van der Waals surface area contributed by atoms with Gasteiger partial charge in [0.1, 0.15) is 0 Å². The molecule has 3 rings (SSSR count). The van der Waals surface area contributed by atoms with E-state index in [1.807, 2.05) is 0 Å². The standard InChI is InChI=1S/C19H19N/c1-13-10-11-16(14(2)12-13)19(20)18-9-5-7-15-6-3-4-8-17(15)18/h3-12,19H,20H2,1-2H3. The lowest BCUT2D eigenvalue weighted by molar-refractivity contribution is 0.869. The Hall–Kier alpha value is -2.12. The summed E-state index contributed by atoms with van der Waals surface area (Å²) in [6.45, 7) is 4.24. The van der Waals surface area contributed by atoms with Gasteiger partial charge in [0.2, 0.25) is 0 Å². The molecule has 3 aromatic rings. The lowest BCUT2D eigenvalue weighted by Crippen LogP contribution is -2.13. The molecule has 0 aliphatic heterocycles. The van der Waals surface area contributed by atoms with Crippen molar-refractivity contribution in [1.29, 1.82) is 0 Å². The third kappa shape index (κ3) is 2.21. The van der Waals surface area contributed by atoms with Crippen molar-refractivity contribution in [2.45, 2.75) is 19.9 Å². The second-order valence-corrected chi connectivity index (χ2v) is 5.41. The molecule has 0 spiro atoms. The van der Waals surface area contributed by atoms with E-state index in [1.165, 1.54) is 33.0 Å². The van der Waals surface area contributed by atoms with Crippen LogP contribution in [0.1, 0.15) is 28.3 Å². The first-order valence-corrected chi connectivity index (χ1v) is 6.97. The minimum Gasteiger partial charge on any atom is -0.320 e. The fraction of sp³-hybridized carbons (Fsp3) is 0.158. The van der Waals surface area contributed by atoms with Crippen molar-refractivity contribution in [2.75, 3.05) is 0 Å². The number of rotatable bonds is 2. The highest BCUT2D eigenvalue weighted by atomic mass is 14.6. The van der Waals surface area contributed by atoms with Crippen LogP contribution in [0.2, 0.25) is 0 Å². The van der Waals surface area contributed by atoms with Gasteiger partial charge >= 0.3 is 0 Å². The van der Waals surface area contributed by atoms with E-state index in [1.54, 1.807) is 0 Å². The van der Waals surface area contributed by atoms with Gasteiger partial charge in [-0.1, -0.05) is 66.2 Å². The molecule has 0 amide bonds. The number of aryl methyl sites for hydroxylation is 2. The molecule has 0 radical (unpaired) electrons. The number of hydrogen-bond acceptors (Lipinski definition) is 1. The Labute approximate surface area is 120 Å². The zero-order valence-electron chi connectivity index (χ0n) is 11.9. The van der Waals surface area contributed by atoms with E-state index < -0.39 is 0 Å². The molecule has 0 bridgehead atoms. The summed E-state index contributed by atoms with van der Waals surface area (Å²) in [5.74, 6) is 0. The molecular formula is C19H19N. The minimum absolute atomic E-state index is 0.0818. The molecule has 1 unspecified atom stereocenters. The minimum atomic E-state index is -0.0818. The Bertz CT molecular complexity index is 753. The van der Waals surface area contributed by atoms with Crippen LogP contribution in [0.3, 0.4) is 0 Å². The van der Waals surface area contributed by atoms with E-state index in [2.05, 4.69) is 74.5 Å². The highest BCUT2D eigenvalue weighted by molar-refractivity contribution is 5.86. The van der Waals surface area contributed by atoms with E-state index in [0.29, 0.717) is 0 Å². The molecule has 3 aromatic carbocycles. The summed E-state index contributed by atoms with van der Waals surface area (Å²) in [7, 11) is 0. The summed E-state index contributed by atoms with van der Waals surface area (Å²) in [6, 6.07) is 21.2. The zero-order chi connectivity index (χ0) is 14.1. The van der Waals surface area contributed by atoms with Crippen molar-refractivity contribution >= 4 is 10.8 Å². The van der Waals surface area contributed by atoms with Crippen molar-refractivity contribution in [2.24, 2.45) is 5.73 Å². The third-order valence-electron chi connectivity index (χ3n) is 3.92. The lowest BCUT2D eigenvalue weighted by Gasteiger charge is -2.18. The first-order chi connectivity index (χ1) is 9.66. The second-order valence-electron chi connectivity index (χ2n) is 5.41. The molecule has 0 aliphatic rings. The van der Waals surface area contributed by atoms with Crippen LogP contribution in [0.15, 0.2) is 60.7 Å². The molecule has 1 heteroatoms. The molecule has 0 aromatic heterocycles. The van der Waals surface area contributed by atoms with Crippen LogP contribution in [0, 0.1) is 13.8 Å². The van der Waals surface area contributed by atoms with E-state index in [0.717, 1.165) is 0 Å². The molecule has 1 nitrogen and oxygen atoms in total. The number of hydrogen-bond donors (Lipinski definition) is 1. The molecule has 0 saturated carbocycles. The fourth-order valence-electron chi connectivity index (χ4n) is 2.86. The van der Waals surface area contributed by atoms with Gasteiger partial charge in [0, 0.05) is 0 Å². The summed E-state index contributed by atoms with van der Waals surface area (Å²) < 4.78 is 0. The number of fused-ring (bicyclic) bond motifs is 1. The van der Waals surface area contributed by atoms with Gasteiger partial charge in [-0.15, -0.1) is 0 Å². The molecule has 0 aliphatic carbocycles. The van der Waals surface area contributed by atoms with Crippen LogP contribution in [0.4, 0.5) is 0 Å². The van der Waals surface area contributed by atoms with Crippen molar-refractivity contribution < 1.29 is 0 Å². The quantitative estimate of drug-likeness (QED) is 0.722. The molecule has 100 valence electrons. The van der Waals surface area contributed by atoms with Gasteiger partial charge < -0.3 is 5.73 Å². The summed E-state index contributed by atoms with van der Waals surface area (Å²) in [5, 5.41) is 2.48. The summed E-state index contributed by atoms with van der Waals surface area (Å²) in [5.41, 5.74) is 11.5. The number of benzene rings is 3. The predicted molar refractivity (Wildman–Crippen MR) is 85.9 cm³/mol. The summed E-state index contributed by atoms with van der Waals surface area (Å²) >= 11 is 0. The summed E-state index contributed by atoms with van der Waals surface area (Å²) in [4.78, 5) is 0. The van der Waals surface area contributed by atoms with Gasteiger partial charge in [-0.2, -0.15) is 0 Å². The van der Waals surface area contributed by atoms with Crippen LogP contribution in [-0.2, 0) is 0 Å². The van der Waals surface area contributed by atoms with Crippen LogP contribution in [-0.4, -0.2) is 0 Å². The Morgan fingerprint density at radius 2 is 1.55 bits per heavy atom. The maximum atomic E-state index is 6.53. The monoisotopic (exact) mass is 261 g/mol. The second kappa shape index (κ2) is 5.10. The maximum absolute atomic E-state index is 6.53. The fourth-order valence-corrected chi connectivity index (χ4v) is 2.86. The van der Waals surface area contributed by atoms with E-state index >= 15 is 0 Å². The zero-order valence-corrected chi connectivity index (χ0v) is 11.9. The van der Waals surface area contributed by atoms with Crippen molar-refractivity contribution in [1.82, 2.24) is 0 Å². The van der Waals surface area contributed by atoms with Crippen molar-refractivity contribution in [3.05, 3.63) is 82.9 Å². The normalized spacial score (nSPS) is 12.6.